The Hall–Kier alpha value is -3.02. The van der Waals surface area contributed by atoms with Crippen LogP contribution in [-0.4, -0.2) is 55.0 Å². The van der Waals surface area contributed by atoms with Gasteiger partial charge < -0.3 is 15.4 Å². The molecular weight excluding hydrogens is 424 g/mol. The number of carbonyl (C=O) groups is 1. The number of fused-ring (bicyclic) bond motifs is 1. The number of benzene rings is 2. The molecule has 2 aliphatic heterocycles. The average Bonchev–Trinajstić information content (AvgIpc) is 2.74. The lowest BCUT2D eigenvalue weighted by Gasteiger charge is -2.50. The zero-order chi connectivity index (χ0) is 22.0. The van der Waals surface area contributed by atoms with Crippen molar-refractivity contribution in [3.8, 4) is 0 Å². The van der Waals surface area contributed by atoms with Gasteiger partial charge in [0.1, 0.15) is 0 Å². The number of nitro benzene ring substituents is 1. The molecule has 2 fully saturated rings. The van der Waals surface area contributed by atoms with Gasteiger partial charge in [-0.05, 0) is 31.0 Å². The van der Waals surface area contributed by atoms with Crippen molar-refractivity contribution >= 4 is 27.4 Å². The van der Waals surface area contributed by atoms with E-state index in [0.29, 0.717) is 25.1 Å². The summed E-state index contributed by atoms with van der Waals surface area (Å²) < 4.78 is 33.1. The number of amides is 2. The van der Waals surface area contributed by atoms with Gasteiger partial charge in [-0.25, -0.2) is 13.2 Å². The number of nitro groups is 1. The Balaban J connectivity index is 1.32. The first-order chi connectivity index (χ1) is 14.9. The van der Waals surface area contributed by atoms with Gasteiger partial charge in [0.25, 0.3) is 5.69 Å². The van der Waals surface area contributed by atoms with Crippen LogP contribution < -0.4 is 10.6 Å². The molecule has 0 radical (unpaired) electrons. The Morgan fingerprint density at radius 2 is 1.84 bits per heavy atom. The summed E-state index contributed by atoms with van der Waals surface area (Å²) in [5.74, 6) is 0. The third-order valence-corrected chi connectivity index (χ3v) is 7.42. The smallest absolute Gasteiger partial charge is 0.319 e. The van der Waals surface area contributed by atoms with E-state index in [1.165, 1.54) is 28.6 Å². The van der Waals surface area contributed by atoms with E-state index in [9.17, 15) is 23.3 Å². The minimum Gasteiger partial charge on any atom is -0.370 e. The SMILES string of the molecule is O=C(NC[C@@H]1CC[C@H]2[C@H](CN2S(=O)(=O)c2ccccc2[N+](=O)[O-])O1)Nc1ccccc1. The van der Waals surface area contributed by atoms with Gasteiger partial charge in [0, 0.05) is 24.8 Å². The van der Waals surface area contributed by atoms with Crippen LogP contribution in [0, 0.1) is 10.1 Å². The molecule has 4 rings (SSSR count). The molecule has 0 bridgehead atoms. The van der Waals surface area contributed by atoms with Gasteiger partial charge in [0.15, 0.2) is 4.90 Å². The number of nitrogens with zero attached hydrogens (tertiary/aromatic N) is 2. The first-order valence-corrected chi connectivity index (χ1v) is 11.3. The maximum Gasteiger partial charge on any atom is 0.319 e. The molecule has 2 aliphatic rings. The highest BCUT2D eigenvalue weighted by atomic mass is 32.2. The fourth-order valence-corrected chi connectivity index (χ4v) is 5.75. The molecule has 3 atom stereocenters. The molecule has 0 aromatic heterocycles. The molecule has 10 nitrogen and oxygen atoms in total. The van der Waals surface area contributed by atoms with Crippen LogP contribution in [0.25, 0.3) is 0 Å². The normalized spacial score (nSPS) is 23.3. The number of urea groups is 1. The number of hydrogen-bond acceptors (Lipinski definition) is 6. The van der Waals surface area contributed by atoms with E-state index >= 15 is 0 Å². The van der Waals surface area contributed by atoms with Crippen LogP contribution in [0.15, 0.2) is 59.5 Å². The molecule has 2 aromatic carbocycles. The summed E-state index contributed by atoms with van der Waals surface area (Å²) in [7, 11) is -3.99. The van der Waals surface area contributed by atoms with Crippen LogP contribution >= 0.6 is 0 Å². The molecule has 31 heavy (non-hydrogen) atoms. The van der Waals surface area contributed by atoms with Crippen molar-refractivity contribution in [1.82, 2.24) is 9.62 Å². The summed E-state index contributed by atoms with van der Waals surface area (Å²) in [5.41, 5.74) is 0.244. The number of carbonyl (C=O) groups excluding carboxylic acids is 1. The zero-order valence-corrected chi connectivity index (χ0v) is 17.3. The van der Waals surface area contributed by atoms with E-state index in [0.717, 1.165) is 0 Å². The first-order valence-electron chi connectivity index (χ1n) is 9.87. The maximum atomic E-state index is 13.0. The van der Waals surface area contributed by atoms with Crippen molar-refractivity contribution in [1.29, 1.82) is 0 Å². The quantitative estimate of drug-likeness (QED) is 0.517. The lowest BCUT2D eigenvalue weighted by atomic mass is 9.92. The van der Waals surface area contributed by atoms with Gasteiger partial charge in [-0.2, -0.15) is 4.31 Å². The monoisotopic (exact) mass is 446 g/mol. The fourth-order valence-electron chi connectivity index (χ4n) is 3.90. The standard InChI is InChI=1S/C20H22N4O6S/c25-20(22-14-6-2-1-3-7-14)21-12-15-10-11-16-18(30-15)13-23(16)31(28,29)19-9-5-4-8-17(19)24(26)27/h1-9,15-16,18H,10-13H2,(H2,21,22,25)/t15-,16-,18-/m0/s1. The Labute approximate surface area is 179 Å². The molecule has 0 unspecified atom stereocenters. The highest BCUT2D eigenvalue weighted by Crippen LogP contribution is 2.38. The molecule has 11 heteroatoms. The summed E-state index contributed by atoms with van der Waals surface area (Å²) in [6.07, 6.45) is 0.598. The number of hydrogen-bond donors (Lipinski definition) is 2. The Morgan fingerprint density at radius 3 is 2.55 bits per heavy atom. The van der Waals surface area contributed by atoms with E-state index in [1.54, 1.807) is 12.1 Å². The molecule has 0 spiro atoms. The lowest BCUT2D eigenvalue weighted by Crippen LogP contribution is -2.66. The molecular formula is C20H22N4O6S. The van der Waals surface area contributed by atoms with Gasteiger partial charge >= 0.3 is 6.03 Å². The second-order valence-corrected chi connectivity index (χ2v) is 9.30. The summed E-state index contributed by atoms with van der Waals surface area (Å²) in [4.78, 5) is 22.2. The summed E-state index contributed by atoms with van der Waals surface area (Å²) in [6, 6.07) is 13.7. The number of rotatable bonds is 6. The largest absolute Gasteiger partial charge is 0.370 e. The highest BCUT2D eigenvalue weighted by molar-refractivity contribution is 7.89. The van der Waals surface area contributed by atoms with E-state index in [4.69, 9.17) is 4.74 Å². The van der Waals surface area contributed by atoms with Crippen molar-refractivity contribution in [2.24, 2.45) is 0 Å². The second kappa shape index (κ2) is 8.61. The van der Waals surface area contributed by atoms with E-state index in [1.807, 2.05) is 18.2 Å². The van der Waals surface area contributed by atoms with Crippen molar-refractivity contribution < 1.29 is 22.9 Å². The third-order valence-electron chi connectivity index (χ3n) is 5.48. The van der Waals surface area contributed by atoms with E-state index in [-0.39, 0.29) is 35.7 Å². The number of anilines is 1. The van der Waals surface area contributed by atoms with Crippen molar-refractivity contribution in [3.63, 3.8) is 0 Å². The Bertz CT molecular complexity index is 1080. The Morgan fingerprint density at radius 1 is 1.13 bits per heavy atom. The topological polar surface area (TPSA) is 131 Å². The first kappa shape index (κ1) is 21.2. The van der Waals surface area contributed by atoms with Gasteiger partial charge in [0.05, 0.1) is 23.2 Å². The minimum absolute atomic E-state index is 0.131. The van der Waals surface area contributed by atoms with Crippen LogP contribution in [0.3, 0.4) is 0 Å². The number of ether oxygens (including phenoxy) is 1. The maximum absolute atomic E-state index is 13.0. The number of sulfonamides is 1. The molecule has 2 saturated heterocycles. The van der Waals surface area contributed by atoms with Crippen LogP contribution in [-0.2, 0) is 14.8 Å². The molecule has 2 N–H and O–H groups in total. The summed E-state index contributed by atoms with van der Waals surface area (Å²) in [6.45, 7) is 0.435. The van der Waals surface area contributed by atoms with Gasteiger partial charge in [-0.15, -0.1) is 0 Å². The van der Waals surface area contributed by atoms with Crippen molar-refractivity contribution in [2.75, 3.05) is 18.4 Å². The van der Waals surface area contributed by atoms with Gasteiger partial charge in [-0.3, -0.25) is 10.1 Å². The molecule has 2 aromatic rings. The number of para-hydroxylation sites is 2. The second-order valence-electron chi connectivity index (χ2n) is 7.44. The summed E-state index contributed by atoms with van der Waals surface area (Å²) >= 11 is 0. The predicted octanol–water partition coefficient (Wildman–Crippen LogP) is 2.34. The van der Waals surface area contributed by atoms with Crippen LogP contribution in [0.4, 0.5) is 16.2 Å². The van der Waals surface area contributed by atoms with Gasteiger partial charge in [0.2, 0.25) is 10.0 Å². The van der Waals surface area contributed by atoms with Gasteiger partial charge in [-0.1, -0.05) is 30.3 Å². The van der Waals surface area contributed by atoms with Crippen LogP contribution in [0.5, 0.6) is 0 Å². The molecule has 2 amide bonds. The van der Waals surface area contributed by atoms with Crippen LogP contribution in [0.2, 0.25) is 0 Å². The van der Waals surface area contributed by atoms with Crippen molar-refractivity contribution in [3.05, 3.63) is 64.7 Å². The van der Waals surface area contributed by atoms with E-state index < -0.39 is 20.6 Å². The van der Waals surface area contributed by atoms with Crippen molar-refractivity contribution in [2.45, 2.75) is 36.0 Å². The minimum atomic E-state index is -3.99. The molecule has 0 saturated carbocycles. The lowest BCUT2D eigenvalue weighted by molar-refractivity contribution is -0.387. The molecule has 2 heterocycles. The zero-order valence-electron chi connectivity index (χ0n) is 16.5. The van der Waals surface area contributed by atoms with E-state index in [2.05, 4.69) is 10.6 Å². The fraction of sp³-hybridized carbons (Fsp3) is 0.350. The Kier molecular flexibility index (Phi) is 5.90. The molecule has 0 aliphatic carbocycles. The third kappa shape index (κ3) is 4.38. The predicted molar refractivity (Wildman–Crippen MR) is 112 cm³/mol. The highest BCUT2D eigenvalue weighted by Gasteiger charge is 2.51. The average molecular weight is 446 g/mol. The summed E-state index contributed by atoms with van der Waals surface area (Å²) in [5, 5.41) is 16.7. The number of nitrogens with one attached hydrogen (secondary N) is 2. The molecule has 164 valence electrons. The van der Waals surface area contributed by atoms with Crippen LogP contribution in [0.1, 0.15) is 12.8 Å².